The lowest BCUT2D eigenvalue weighted by molar-refractivity contribution is 0.0602. The van der Waals surface area contributed by atoms with Crippen molar-refractivity contribution in [2.75, 3.05) is 7.11 Å². The molecule has 3 aromatic rings. The van der Waals surface area contributed by atoms with Gasteiger partial charge in [-0.1, -0.05) is 51.1 Å². The van der Waals surface area contributed by atoms with E-state index in [1.165, 1.54) is 18.2 Å². The molecule has 3 rings (SSSR count). The lowest BCUT2D eigenvalue weighted by Gasteiger charge is -2.19. The maximum absolute atomic E-state index is 12.3. The van der Waals surface area contributed by atoms with Crippen LogP contribution in [0.25, 0.3) is 22.0 Å². The number of carbonyl (C=O) groups is 1. The Kier molecular flexibility index (Phi) is 4.19. The van der Waals surface area contributed by atoms with Gasteiger partial charge in [-0.2, -0.15) is 0 Å². The maximum atomic E-state index is 12.3. The summed E-state index contributed by atoms with van der Waals surface area (Å²) < 4.78 is 5.01. The van der Waals surface area contributed by atoms with E-state index in [0.717, 1.165) is 27.7 Å². The second kappa shape index (κ2) is 6.07. The Morgan fingerprint density at radius 2 is 1.64 bits per heavy atom. The Morgan fingerprint density at radius 3 is 2.20 bits per heavy atom. The standard InChI is InChI=1S/C22H25NO2/c1-13-14(2)23-20-17(13)11-12-18(21(24)25-6)19(20)15-7-9-16(10-8-15)22(3,4)5/h7-12,23H,1-6H3. The fraction of sp³-hybridized carbons (Fsp3) is 0.318. The molecular weight excluding hydrogens is 310 g/mol. The number of rotatable bonds is 2. The quantitative estimate of drug-likeness (QED) is 0.625. The monoisotopic (exact) mass is 335 g/mol. The van der Waals surface area contributed by atoms with Crippen molar-refractivity contribution >= 4 is 16.9 Å². The van der Waals surface area contributed by atoms with E-state index < -0.39 is 0 Å². The Balaban J connectivity index is 2.29. The summed E-state index contributed by atoms with van der Waals surface area (Å²) in [5, 5.41) is 1.14. The highest BCUT2D eigenvalue weighted by atomic mass is 16.5. The van der Waals surface area contributed by atoms with Crippen molar-refractivity contribution in [2.45, 2.75) is 40.0 Å². The zero-order chi connectivity index (χ0) is 18.4. The molecule has 0 saturated heterocycles. The summed E-state index contributed by atoms with van der Waals surface area (Å²) >= 11 is 0. The molecule has 0 fully saturated rings. The van der Waals surface area contributed by atoms with Crippen molar-refractivity contribution in [3.8, 4) is 11.1 Å². The molecule has 1 aromatic heterocycles. The SMILES string of the molecule is COC(=O)c1ccc2c(C)c(C)[nH]c2c1-c1ccc(C(C)(C)C)cc1. The van der Waals surface area contributed by atoms with Crippen molar-refractivity contribution in [1.82, 2.24) is 4.98 Å². The molecule has 0 radical (unpaired) electrons. The number of carbonyl (C=O) groups excluding carboxylic acids is 1. The van der Waals surface area contributed by atoms with E-state index >= 15 is 0 Å². The van der Waals surface area contributed by atoms with Gasteiger partial charge in [-0.25, -0.2) is 4.79 Å². The number of hydrogen-bond donors (Lipinski definition) is 1. The van der Waals surface area contributed by atoms with Crippen LogP contribution in [0.15, 0.2) is 36.4 Å². The second-order valence-corrected chi connectivity index (χ2v) is 7.60. The van der Waals surface area contributed by atoms with Gasteiger partial charge in [0.1, 0.15) is 0 Å². The first-order chi connectivity index (χ1) is 11.7. The van der Waals surface area contributed by atoms with E-state index in [0.29, 0.717) is 5.56 Å². The molecule has 0 saturated carbocycles. The summed E-state index contributed by atoms with van der Waals surface area (Å²) in [7, 11) is 1.42. The molecule has 1 N–H and O–H groups in total. The molecule has 25 heavy (non-hydrogen) atoms. The lowest BCUT2D eigenvalue weighted by Crippen LogP contribution is -2.10. The molecule has 3 heteroatoms. The maximum Gasteiger partial charge on any atom is 0.338 e. The molecule has 1 heterocycles. The third-order valence-electron chi connectivity index (χ3n) is 4.93. The third-order valence-corrected chi connectivity index (χ3v) is 4.93. The highest BCUT2D eigenvalue weighted by molar-refractivity contribution is 6.08. The fourth-order valence-electron chi connectivity index (χ4n) is 3.25. The number of methoxy groups -OCH3 is 1. The van der Waals surface area contributed by atoms with Crippen molar-refractivity contribution < 1.29 is 9.53 Å². The van der Waals surface area contributed by atoms with E-state index in [4.69, 9.17) is 4.74 Å². The number of aromatic nitrogens is 1. The van der Waals surface area contributed by atoms with Crippen LogP contribution in [0.3, 0.4) is 0 Å². The number of hydrogen-bond acceptors (Lipinski definition) is 2. The van der Waals surface area contributed by atoms with E-state index in [2.05, 4.69) is 63.9 Å². The molecule has 2 aromatic carbocycles. The van der Waals surface area contributed by atoms with Crippen LogP contribution >= 0.6 is 0 Å². The largest absolute Gasteiger partial charge is 0.465 e. The van der Waals surface area contributed by atoms with Gasteiger partial charge in [-0.05, 0) is 42.0 Å². The van der Waals surface area contributed by atoms with E-state index in [1.54, 1.807) is 0 Å². The Hall–Kier alpha value is -2.55. The molecule has 0 amide bonds. The fourth-order valence-corrected chi connectivity index (χ4v) is 3.25. The topological polar surface area (TPSA) is 42.1 Å². The van der Waals surface area contributed by atoms with Gasteiger partial charge >= 0.3 is 5.97 Å². The van der Waals surface area contributed by atoms with Crippen LogP contribution in [-0.2, 0) is 10.2 Å². The predicted octanol–water partition coefficient (Wildman–Crippen LogP) is 5.54. The zero-order valence-electron chi connectivity index (χ0n) is 15.8. The number of benzene rings is 2. The van der Waals surface area contributed by atoms with Gasteiger partial charge in [0.2, 0.25) is 0 Å². The van der Waals surface area contributed by atoms with Gasteiger partial charge in [0, 0.05) is 16.6 Å². The second-order valence-electron chi connectivity index (χ2n) is 7.60. The van der Waals surface area contributed by atoms with Gasteiger partial charge in [0.15, 0.2) is 0 Å². The molecule has 0 aliphatic carbocycles. The van der Waals surface area contributed by atoms with Crippen LogP contribution in [0.1, 0.15) is 48.0 Å². The molecule has 0 bridgehead atoms. The number of aromatic amines is 1. The molecule has 0 aliphatic heterocycles. The third kappa shape index (κ3) is 2.95. The van der Waals surface area contributed by atoms with Gasteiger partial charge < -0.3 is 9.72 Å². The van der Waals surface area contributed by atoms with Gasteiger partial charge in [0.25, 0.3) is 0 Å². The van der Waals surface area contributed by atoms with Gasteiger partial charge in [-0.15, -0.1) is 0 Å². The number of aryl methyl sites for hydroxylation is 2. The van der Waals surface area contributed by atoms with Crippen LogP contribution in [0, 0.1) is 13.8 Å². The normalized spacial score (nSPS) is 11.8. The van der Waals surface area contributed by atoms with Crippen molar-refractivity contribution in [3.63, 3.8) is 0 Å². The minimum Gasteiger partial charge on any atom is -0.465 e. The lowest BCUT2D eigenvalue weighted by atomic mass is 9.85. The average molecular weight is 335 g/mol. The van der Waals surface area contributed by atoms with Crippen LogP contribution in [-0.4, -0.2) is 18.1 Å². The van der Waals surface area contributed by atoms with Crippen LogP contribution in [0.2, 0.25) is 0 Å². The number of fused-ring (bicyclic) bond motifs is 1. The molecule has 0 atom stereocenters. The molecule has 0 unspecified atom stereocenters. The highest BCUT2D eigenvalue weighted by Crippen LogP contribution is 2.35. The number of ether oxygens (including phenoxy) is 1. The van der Waals surface area contributed by atoms with Gasteiger partial charge in [0.05, 0.1) is 18.2 Å². The summed E-state index contributed by atoms with van der Waals surface area (Å²) in [6.07, 6.45) is 0. The van der Waals surface area contributed by atoms with Crippen LogP contribution in [0.5, 0.6) is 0 Å². The van der Waals surface area contributed by atoms with Gasteiger partial charge in [-0.3, -0.25) is 0 Å². The van der Waals surface area contributed by atoms with Crippen LogP contribution in [0.4, 0.5) is 0 Å². The highest BCUT2D eigenvalue weighted by Gasteiger charge is 2.20. The van der Waals surface area contributed by atoms with Crippen molar-refractivity contribution in [3.05, 3.63) is 58.8 Å². The minimum atomic E-state index is -0.318. The minimum absolute atomic E-state index is 0.0926. The Bertz CT molecular complexity index is 941. The summed E-state index contributed by atoms with van der Waals surface area (Å²) in [5.74, 6) is -0.318. The van der Waals surface area contributed by atoms with Crippen molar-refractivity contribution in [1.29, 1.82) is 0 Å². The summed E-state index contributed by atoms with van der Waals surface area (Å²) in [4.78, 5) is 15.8. The first-order valence-corrected chi connectivity index (χ1v) is 8.55. The van der Waals surface area contributed by atoms with E-state index in [1.807, 2.05) is 12.1 Å². The zero-order valence-corrected chi connectivity index (χ0v) is 15.8. The average Bonchev–Trinajstić information content (AvgIpc) is 2.87. The number of esters is 1. The molecule has 130 valence electrons. The van der Waals surface area contributed by atoms with Crippen LogP contribution < -0.4 is 0 Å². The molecule has 0 spiro atoms. The smallest absolute Gasteiger partial charge is 0.338 e. The number of nitrogens with one attached hydrogen (secondary N) is 1. The molecule has 0 aliphatic rings. The predicted molar refractivity (Wildman–Crippen MR) is 103 cm³/mol. The summed E-state index contributed by atoms with van der Waals surface area (Å²) in [5.41, 5.74) is 7.17. The first kappa shape index (κ1) is 17.3. The summed E-state index contributed by atoms with van der Waals surface area (Å²) in [6.45, 7) is 10.7. The molecular formula is C22H25NO2. The summed E-state index contributed by atoms with van der Waals surface area (Å²) in [6, 6.07) is 12.3. The van der Waals surface area contributed by atoms with Crippen molar-refractivity contribution in [2.24, 2.45) is 0 Å². The number of H-pyrrole nitrogens is 1. The van der Waals surface area contributed by atoms with E-state index in [9.17, 15) is 4.79 Å². The van der Waals surface area contributed by atoms with E-state index in [-0.39, 0.29) is 11.4 Å². The Labute approximate surface area is 149 Å². The molecule has 3 nitrogen and oxygen atoms in total. The first-order valence-electron chi connectivity index (χ1n) is 8.55. The Morgan fingerprint density at radius 1 is 1.00 bits per heavy atom.